The molecule has 134 valence electrons. The van der Waals surface area contributed by atoms with Crippen LogP contribution in [-0.2, 0) is 0 Å². The van der Waals surface area contributed by atoms with Gasteiger partial charge < -0.3 is 4.90 Å². The number of rotatable bonds is 4. The number of likely N-dealkylation sites (N-methyl/N-ethyl adjacent to an activating group) is 1. The predicted molar refractivity (Wildman–Crippen MR) is 108 cm³/mol. The van der Waals surface area contributed by atoms with E-state index in [1.54, 1.807) is 0 Å². The summed E-state index contributed by atoms with van der Waals surface area (Å²) >= 11 is 7.63. The molecule has 4 nitrogen and oxygen atoms in total. The molecule has 0 bridgehead atoms. The third-order valence-electron chi connectivity index (χ3n) is 4.90. The van der Waals surface area contributed by atoms with E-state index in [1.165, 1.54) is 22.0 Å². The third-order valence-corrected chi connectivity index (χ3v) is 5.93. The first-order chi connectivity index (χ1) is 12.7. The summed E-state index contributed by atoms with van der Waals surface area (Å²) in [6.07, 6.45) is 0. The van der Waals surface area contributed by atoms with Crippen molar-refractivity contribution in [2.75, 3.05) is 33.2 Å². The maximum atomic E-state index is 6.13. The minimum absolute atomic E-state index is 0.149. The summed E-state index contributed by atoms with van der Waals surface area (Å²) in [4.78, 5) is 6.10. The minimum atomic E-state index is 0.149. The molecule has 1 aromatic heterocycles. The lowest BCUT2D eigenvalue weighted by Gasteiger charge is -2.38. The molecule has 1 saturated heterocycles. The van der Waals surface area contributed by atoms with Gasteiger partial charge in [0.25, 0.3) is 0 Å². The first-order valence-electron chi connectivity index (χ1n) is 8.78. The van der Waals surface area contributed by atoms with E-state index in [1.807, 2.05) is 30.3 Å². The molecule has 2 heterocycles. The summed E-state index contributed by atoms with van der Waals surface area (Å²) in [5.74, 6) is 0. The summed E-state index contributed by atoms with van der Waals surface area (Å²) < 4.78 is 4.30. The van der Waals surface area contributed by atoms with Crippen LogP contribution in [0.25, 0.3) is 11.3 Å². The van der Waals surface area contributed by atoms with Gasteiger partial charge in [0.15, 0.2) is 0 Å². The van der Waals surface area contributed by atoms with Crippen molar-refractivity contribution in [1.82, 2.24) is 19.4 Å². The van der Waals surface area contributed by atoms with E-state index >= 15 is 0 Å². The van der Waals surface area contributed by atoms with E-state index in [2.05, 4.69) is 50.7 Å². The fourth-order valence-corrected chi connectivity index (χ4v) is 4.39. The second-order valence-corrected chi connectivity index (χ2v) is 7.87. The molecule has 2 aromatic carbocycles. The fraction of sp³-hybridized carbons (Fsp3) is 0.300. The van der Waals surface area contributed by atoms with Gasteiger partial charge in [-0.15, -0.1) is 5.10 Å². The molecule has 1 fully saturated rings. The zero-order valence-electron chi connectivity index (χ0n) is 14.7. The molecule has 0 radical (unpaired) electrons. The Morgan fingerprint density at radius 2 is 1.65 bits per heavy atom. The van der Waals surface area contributed by atoms with Crippen molar-refractivity contribution in [3.05, 3.63) is 70.1 Å². The van der Waals surface area contributed by atoms with Crippen molar-refractivity contribution in [1.29, 1.82) is 0 Å². The highest BCUT2D eigenvalue weighted by atomic mass is 35.5. The minimum Gasteiger partial charge on any atom is -0.304 e. The molecule has 3 aromatic rings. The van der Waals surface area contributed by atoms with Gasteiger partial charge in [-0.1, -0.05) is 58.6 Å². The number of aromatic nitrogens is 2. The van der Waals surface area contributed by atoms with Crippen molar-refractivity contribution in [2.45, 2.75) is 6.04 Å². The zero-order valence-corrected chi connectivity index (χ0v) is 16.2. The maximum Gasteiger partial charge on any atom is 0.111 e. The molecule has 26 heavy (non-hydrogen) atoms. The SMILES string of the molecule is CN1CCN(C(c2ccc(Cl)cc2)c2snnc2-c2ccccc2)CC1. The zero-order chi connectivity index (χ0) is 17.9. The topological polar surface area (TPSA) is 32.3 Å². The van der Waals surface area contributed by atoms with Gasteiger partial charge in [0, 0.05) is 36.8 Å². The summed E-state index contributed by atoms with van der Waals surface area (Å²) in [6, 6.07) is 18.7. The molecule has 0 amide bonds. The highest BCUT2D eigenvalue weighted by Crippen LogP contribution is 2.37. The molecule has 4 rings (SSSR count). The molecule has 6 heteroatoms. The number of hydrogen-bond donors (Lipinski definition) is 0. The highest BCUT2D eigenvalue weighted by Gasteiger charge is 2.29. The average molecular weight is 385 g/mol. The lowest BCUT2D eigenvalue weighted by Crippen LogP contribution is -2.46. The maximum absolute atomic E-state index is 6.13. The van der Waals surface area contributed by atoms with Crippen molar-refractivity contribution in [3.63, 3.8) is 0 Å². The van der Waals surface area contributed by atoms with Crippen molar-refractivity contribution < 1.29 is 0 Å². The Bertz CT molecular complexity index is 842. The van der Waals surface area contributed by atoms with Gasteiger partial charge in [-0.25, -0.2) is 0 Å². The van der Waals surface area contributed by atoms with Crippen LogP contribution in [0.5, 0.6) is 0 Å². The smallest absolute Gasteiger partial charge is 0.111 e. The molecule has 0 N–H and O–H groups in total. The number of halogens is 1. The molecular weight excluding hydrogens is 364 g/mol. The van der Waals surface area contributed by atoms with Crippen LogP contribution in [0.3, 0.4) is 0 Å². The van der Waals surface area contributed by atoms with Crippen LogP contribution in [0.4, 0.5) is 0 Å². The van der Waals surface area contributed by atoms with Gasteiger partial charge in [0.2, 0.25) is 0 Å². The van der Waals surface area contributed by atoms with Gasteiger partial charge in [-0.05, 0) is 36.3 Å². The first kappa shape index (κ1) is 17.6. The Kier molecular flexibility index (Phi) is 5.31. The summed E-state index contributed by atoms with van der Waals surface area (Å²) in [5, 5.41) is 5.23. The van der Waals surface area contributed by atoms with Crippen molar-refractivity contribution >= 4 is 23.1 Å². The normalized spacial score (nSPS) is 17.3. The predicted octanol–water partition coefficient (Wildman–Crippen LogP) is 4.20. The molecule has 1 unspecified atom stereocenters. The van der Waals surface area contributed by atoms with Crippen LogP contribution in [-0.4, -0.2) is 52.6 Å². The van der Waals surface area contributed by atoms with Crippen LogP contribution in [0.15, 0.2) is 54.6 Å². The summed E-state index contributed by atoms with van der Waals surface area (Å²) in [5.41, 5.74) is 3.33. The van der Waals surface area contributed by atoms with Gasteiger partial charge in [0.1, 0.15) is 5.69 Å². The molecule has 0 spiro atoms. The number of piperazine rings is 1. The second kappa shape index (κ2) is 7.84. The summed E-state index contributed by atoms with van der Waals surface area (Å²) in [7, 11) is 2.18. The lowest BCUT2D eigenvalue weighted by atomic mass is 9.99. The Morgan fingerprint density at radius 1 is 0.962 bits per heavy atom. The van der Waals surface area contributed by atoms with Crippen LogP contribution < -0.4 is 0 Å². The molecule has 1 aliphatic heterocycles. The molecular formula is C20H21ClN4S. The van der Waals surface area contributed by atoms with Gasteiger partial charge >= 0.3 is 0 Å². The van der Waals surface area contributed by atoms with E-state index in [-0.39, 0.29) is 6.04 Å². The monoisotopic (exact) mass is 384 g/mol. The Labute approximate surface area is 163 Å². The van der Waals surface area contributed by atoms with E-state index in [9.17, 15) is 0 Å². The van der Waals surface area contributed by atoms with Crippen LogP contribution in [0, 0.1) is 0 Å². The van der Waals surface area contributed by atoms with Gasteiger partial charge in [-0.2, -0.15) is 0 Å². The Balaban J connectivity index is 1.76. The first-order valence-corrected chi connectivity index (χ1v) is 9.93. The lowest BCUT2D eigenvalue weighted by molar-refractivity contribution is 0.128. The molecule has 0 saturated carbocycles. The quantitative estimate of drug-likeness (QED) is 0.675. The standard InChI is InChI=1S/C20H21ClN4S/c1-24-11-13-25(14-12-24)19(16-7-9-17(21)10-8-16)20-18(22-23-26-20)15-5-3-2-4-6-15/h2-10,19H,11-14H2,1H3. The van der Waals surface area contributed by atoms with Crippen LogP contribution in [0.2, 0.25) is 5.02 Å². The van der Waals surface area contributed by atoms with Gasteiger partial charge in [-0.3, -0.25) is 4.90 Å². The summed E-state index contributed by atoms with van der Waals surface area (Å²) in [6.45, 7) is 4.18. The molecule has 1 atom stereocenters. The largest absolute Gasteiger partial charge is 0.304 e. The highest BCUT2D eigenvalue weighted by molar-refractivity contribution is 7.06. The Morgan fingerprint density at radius 3 is 2.35 bits per heavy atom. The molecule has 0 aliphatic carbocycles. The number of benzene rings is 2. The van der Waals surface area contributed by atoms with E-state index in [0.717, 1.165) is 42.5 Å². The van der Waals surface area contributed by atoms with E-state index in [4.69, 9.17) is 11.6 Å². The van der Waals surface area contributed by atoms with Crippen molar-refractivity contribution in [3.8, 4) is 11.3 Å². The van der Waals surface area contributed by atoms with Gasteiger partial charge in [0.05, 0.1) is 10.9 Å². The Hall–Kier alpha value is -1.79. The number of nitrogens with zero attached hydrogens (tertiary/aromatic N) is 4. The van der Waals surface area contributed by atoms with Crippen molar-refractivity contribution in [2.24, 2.45) is 0 Å². The molecule has 1 aliphatic rings. The fourth-order valence-electron chi connectivity index (χ4n) is 3.43. The van der Waals surface area contributed by atoms with Crippen LogP contribution >= 0.6 is 23.1 Å². The number of hydrogen-bond acceptors (Lipinski definition) is 5. The third kappa shape index (κ3) is 3.67. The van der Waals surface area contributed by atoms with E-state index in [0.29, 0.717) is 0 Å². The average Bonchev–Trinajstić information content (AvgIpc) is 3.15. The van der Waals surface area contributed by atoms with E-state index < -0.39 is 0 Å². The second-order valence-electron chi connectivity index (χ2n) is 6.65. The van der Waals surface area contributed by atoms with Crippen LogP contribution in [0.1, 0.15) is 16.5 Å².